The maximum absolute atomic E-state index is 12.7. The largest absolute Gasteiger partial charge is 0.377 e. The van der Waals surface area contributed by atoms with Gasteiger partial charge in [0.05, 0.1) is 19.3 Å². The van der Waals surface area contributed by atoms with Crippen molar-refractivity contribution in [3.8, 4) is 0 Å². The molecular weight excluding hydrogens is 266 g/mol. The van der Waals surface area contributed by atoms with E-state index in [1.807, 2.05) is 12.1 Å². The Morgan fingerprint density at radius 2 is 1.90 bits per heavy atom. The third-order valence-corrected chi connectivity index (χ3v) is 5.27. The Bertz CT molecular complexity index is 594. The van der Waals surface area contributed by atoms with Gasteiger partial charge in [0.25, 0.3) is 0 Å². The molecule has 1 saturated heterocycles. The summed E-state index contributed by atoms with van der Waals surface area (Å²) in [6.45, 7) is 1.89. The zero-order chi connectivity index (χ0) is 14.4. The molecule has 2 fully saturated rings. The highest BCUT2D eigenvalue weighted by atomic mass is 16.5. The van der Waals surface area contributed by atoms with Crippen LogP contribution in [-0.2, 0) is 20.7 Å². The smallest absolute Gasteiger partial charge is 0.148 e. The predicted octanol–water partition coefficient (Wildman–Crippen LogP) is 1.76. The molecular formula is C17H19NO3. The Kier molecular flexibility index (Phi) is 2.89. The van der Waals surface area contributed by atoms with E-state index in [1.165, 1.54) is 5.69 Å². The SMILES string of the molecule is O=C1CCCC(=O)C12Cc1ccccc1N1CCOCC12. The van der Waals surface area contributed by atoms with Crippen LogP contribution in [0.3, 0.4) is 0 Å². The van der Waals surface area contributed by atoms with Gasteiger partial charge in [-0.1, -0.05) is 18.2 Å². The summed E-state index contributed by atoms with van der Waals surface area (Å²) in [5.74, 6) is 0.238. The molecule has 1 atom stereocenters. The number of ketones is 2. The molecule has 1 aromatic rings. The summed E-state index contributed by atoms with van der Waals surface area (Å²) in [5, 5.41) is 0. The van der Waals surface area contributed by atoms with Crippen LogP contribution < -0.4 is 4.90 Å². The van der Waals surface area contributed by atoms with Crippen LogP contribution in [0.4, 0.5) is 5.69 Å². The van der Waals surface area contributed by atoms with Crippen molar-refractivity contribution in [1.29, 1.82) is 0 Å². The van der Waals surface area contributed by atoms with Crippen LogP contribution in [-0.4, -0.2) is 37.4 Å². The van der Waals surface area contributed by atoms with E-state index >= 15 is 0 Å². The minimum atomic E-state index is -0.868. The number of carbonyl (C=O) groups is 2. The quantitative estimate of drug-likeness (QED) is 0.681. The number of fused-ring (bicyclic) bond motifs is 4. The van der Waals surface area contributed by atoms with Gasteiger partial charge < -0.3 is 9.64 Å². The van der Waals surface area contributed by atoms with Crippen molar-refractivity contribution in [2.75, 3.05) is 24.7 Å². The molecule has 0 amide bonds. The van der Waals surface area contributed by atoms with Crippen LogP contribution in [0.2, 0.25) is 0 Å². The highest BCUT2D eigenvalue weighted by Crippen LogP contribution is 2.46. The molecule has 0 N–H and O–H groups in total. The second-order valence-electron chi connectivity index (χ2n) is 6.26. The van der Waals surface area contributed by atoms with Gasteiger partial charge in [0.1, 0.15) is 17.0 Å². The third kappa shape index (κ3) is 1.72. The first-order valence-corrected chi connectivity index (χ1v) is 7.72. The summed E-state index contributed by atoms with van der Waals surface area (Å²) in [7, 11) is 0. The van der Waals surface area contributed by atoms with E-state index in [2.05, 4.69) is 17.0 Å². The molecule has 0 aromatic heterocycles. The lowest BCUT2D eigenvalue weighted by atomic mass is 9.61. The van der Waals surface area contributed by atoms with Crippen molar-refractivity contribution in [3.05, 3.63) is 29.8 Å². The van der Waals surface area contributed by atoms with Crippen LogP contribution in [0.5, 0.6) is 0 Å². The van der Waals surface area contributed by atoms with Crippen molar-refractivity contribution in [1.82, 2.24) is 0 Å². The second kappa shape index (κ2) is 4.67. The predicted molar refractivity (Wildman–Crippen MR) is 78.4 cm³/mol. The van der Waals surface area contributed by atoms with Crippen molar-refractivity contribution >= 4 is 17.3 Å². The molecule has 3 aliphatic rings. The van der Waals surface area contributed by atoms with Gasteiger partial charge in [-0.3, -0.25) is 9.59 Å². The average molecular weight is 285 g/mol. The molecule has 1 saturated carbocycles. The fraction of sp³-hybridized carbons (Fsp3) is 0.529. The summed E-state index contributed by atoms with van der Waals surface area (Å²) >= 11 is 0. The van der Waals surface area contributed by atoms with Gasteiger partial charge in [-0.25, -0.2) is 0 Å². The molecule has 21 heavy (non-hydrogen) atoms. The first-order valence-electron chi connectivity index (χ1n) is 7.72. The lowest BCUT2D eigenvalue weighted by Gasteiger charge is -2.52. The topological polar surface area (TPSA) is 46.6 Å². The molecule has 0 radical (unpaired) electrons. The highest BCUT2D eigenvalue weighted by Gasteiger charge is 2.57. The van der Waals surface area contributed by atoms with Crippen LogP contribution in [0.25, 0.3) is 0 Å². The monoisotopic (exact) mass is 285 g/mol. The standard InChI is InChI=1S/C17H19NO3/c19-15-6-3-7-16(20)17(15)10-12-4-1-2-5-13(12)18-8-9-21-11-14(17)18/h1-2,4-5,14H,3,6-11H2. The molecule has 4 nitrogen and oxygen atoms in total. The molecule has 2 aliphatic heterocycles. The zero-order valence-corrected chi connectivity index (χ0v) is 12.0. The fourth-order valence-electron chi connectivity index (χ4n) is 4.24. The maximum Gasteiger partial charge on any atom is 0.148 e. The number of benzene rings is 1. The minimum Gasteiger partial charge on any atom is -0.377 e. The van der Waals surface area contributed by atoms with Crippen LogP contribution in [0, 0.1) is 5.41 Å². The minimum absolute atomic E-state index is 0.119. The van der Waals surface area contributed by atoms with E-state index in [1.54, 1.807) is 0 Å². The van der Waals surface area contributed by atoms with Crippen molar-refractivity contribution < 1.29 is 14.3 Å². The molecule has 1 unspecified atom stereocenters. The Hall–Kier alpha value is -1.68. The van der Waals surface area contributed by atoms with Gasteiger partial charge in [-0.2, -0.15) is 0 Å². The first kappa shape index (κ1) is 13.0. The van der Waals surface area contributed by atoms with Crippen LogP contribution in [0.15, 0.2) is 24.3 Å². The normalized spacial score (nSPS) is 27.4. The van der Waals surface area contributed by atoms with Gasteiger partial charge in [0.15, 0.2) is 0 Å². The Labute approximate surface area is 124 Å². The average Bonchev–Trinajstić information content (AvgIpc) is 2.52. The Balaban J connectivity index is 1.88. The molecule has 1 aromatic carbocycles. The number of morpholine rings is 1. The summed E-state index contributed by atoms with van der Waals surface area (Å²) in [4.78, 5) is 27.7. The van der Waals surface area contributed by atoms with E-state index in [0.29, 0.717) is 38.9 Å². The van der Waals surface area contributed by atoms with Gasteiger partial charge in [-0.05, 0) is 24.5 Å². The third-order valence-electron chi connectivity index (χ3n) is 5.27. The lowest BCUT2D eigenvalue weighted by Crippen LogP contribution is -2.65. The Morgan fingerprint density at radius 1 is 1.14 bits per heavy atom. The highest BCUT2D eigenvalue weighted by molar-refractivity contribution is 6.11. The number of ether oxygens (including phenoxy) is 1. The summed E-state index contributed by atoms with van der Waals surface area (Å²) < 4.78 is 5.63. The van der Waals surface area contributed by atoms with E-state index in [0.717, 1.165) is 12.1 Å². The van der Waals surface area contributed by atoms with Gasteiger partial charge in [0.2, 0.25) is 0 Å². The molecule has 0 bridgehead atoms. The van der Waals surface area contributed by atoms with Gasteiger partial charge in [0, 0.05) is 25.1 Å². The molecule has 4 heteroatoms. The van der Waals surface area contributed by atoms with Crippen LogP contribution in [0.1, 0.15) is 24.8 Å². The molecule has 1 aliphatic carbocycles. The fourth-order valence-corrected chi connectivity index (χ4v) is 4.24. The summed E-state index contributed by atoms with van der Waals surface area (Å²) in [6, 6.07) is 8.04. The van der Waals surface area contributed by atoms with E-state index in [9.17, 15) is 9.59 Å². The van der Waals surface area contributed by atoms with Crippen molar-refractivity contribution in [3.63, 3.8) is 0 Å². The number of hydrogen-bond donors (Lipinski definition) is 0. The van der Waals surface area contributed by atoms with Gasteiger partial charge in [-0.15, -0.1) is 0 Å². The number of para-hydroxylation sites is 1. The number of rotatable bonds is 0. The number of carbonyl (C=O) groups excluding carboxylic acids is 2. The van der Waals surface area contributed by atoms with E-state index in [-0.39, 0.29) is 17.6 Å². The molecule has 4 rings (SSSR count). The van der Waals surface area contributed by atoms with Crippen molar-refractivity contribution in [2.45, 2.75) is 31.7 Å². The molecule has 2 heterocycles. The number of nitrogens with zero attached hydrogens (tertiary/aromatic N) is 1. The zero-order valence-electron chi connectivity index (χ0n) is 12.0. The second-order valence-corrected chi connectivity index (χ2v) is 6.26. The number of anilines is 1. The maximum atomic E-state index is 12.7. The number of hydrogen-bond acceptors (Lipinski definition) is 4. The first-order chi connectivity index (χ1) is 10.2. The van der Waals surface area contributed by atoms with E-state index in [4.69, 9.17) is 4.74 Å². The van der Waals surface area contributed by atoms with Crippen LogP contribution >= 0.6 is 0 Å². The summed E-state index contributed by atoms with van der Waals surface area (Å²) in [5.41, 5.74) is 1.43. The number of Topliss-reactive ketones (excluding diaryl/α,β-unsaturated/α-hetero) is 2. The lowest BCUT2D eigenvalue weighted by molar-refractivity contribution is -0.148. The van der Waals surface area contributed by atoms with Gasteiger partial charge >= 0.3 is 0 Å². The molecule has 110 valence electrons. The van der Waals surface area contributed by atoms with Crippen molar-refractivity contribution in [2.24, 2.45) is 5.41 Å². The summed E-state index contributed by atoms with van der Waals surface area (Å²) in [6.07, 6.45) is 2.30. The molecule has 1 spiro atoms. The Morgan fingerprint density at radius 3 is 2.71 bits per heavy atom. The van der Waals surface area contributed by atoms with E-state index < -0.39 is 5.41 Å².